The van der Waals surface area contributed by atoms with Gasteiger partial charge in [-0.05, 0) is 50.2 Å². The highest BCUT2D eigenvalue weighted by atomic mass is 32.2. The van der Waals surface area contributed by atoms with Gasteiger partial charge in [-0.2, -0.15) is 0 Å². The first-order valence-electron chi connectivity index (χ1n) is 10.8. The van der Waals surface area contributed by atoms with Gasteiger partial charge in [0.25, 0.3) is 5.91 Å². The lowest BCUT2D eigenvalue weighted by molar-refractivity contribution is -0.128. The lowest BCUT2D eigenvalue weighted by Crippen LogP contribution is -2.52. The van der Waals surface area contributed by atoms with Crippen LogP contribution in [0.2, 0.25) is 0 Å². The summed E-state index contributed by atoms with van der Waals surface area (Å²) in [6, 6.07) is 6.77. The number of benzene rings is 1. The summed E-state index contributed by atoms with van der Waals surface area (Å²) in [7, 11) is 0. The van der Waals surface area contributed by atoms with E-state index in [0.29, 0.717) is 28.8 Å². The third-order valence-electron chi connectivity index (χ3n) is 6.61. The van der Waals surface area contributed by atoms with Gasteiger partial charge in [0, 0.05) is 28.8 Å². The van der Waals surface area contributed by atoms with Gasteiger partial charge in [0.2, 0.25) is 5.91 Å². The first-order chi connectivity index (χ1) is 14.0. The molecule has 5 unspecified atom stereocenters. The minimum Gasteiger partial charge on any atom is -0.353 e. The van der Waals surface area contributed by atoms with Crippen LogP contribution in [0, 0.1) is 17.7 Å². The summed E-state index contributed by atoms with van der Waals surface area (Å²) in [4.78, 5) is 26.0. The number of amides is 2. The van der Waals surface area contributed by atoms with Crippen LogP contribution in [0.4, 0.5) is 4.39 Å². The van der Waals surface area contributed by atoms with Gasteiger partial charge >= 0.3 is 0 Å². The molecule has 2 amide bonds. The molecule has 4 rings (SSSR count). The minimum absolute atomic E-state index is 0.00134. The smallest absolute Gasteiger partial charge is 0.257 e. The summed E-state index contributed by atoms with van der Waals surface area (Å²) in [6.07, 6.45) is 8.73. The molecule has 1 saturated heterocycles. The third-order valence-corrected chi connectivity index (χ3v) is 8.03. The maximum absolute atomic E-state index is 13.9. The van der Waals surface area contributed by atoms with Crippen molar-refractivity contribution in [3.63, 3.8) is 0 Å². The highest BCUT2D eigenvalue weighted by Crippen LogP contribution is 2.40. The zero-order valence-electron chi connectivity index (χ0n) is 16.8. The Morgan fingerprint density at radius 3 is 2.79 bits per heavy atom. The van der Waals surface area contributed by atoms with Crippen molar-refractivity contribution in [2.24, 2.45) is 11.8 Å². The van der Waals surface area contributed by atoms with Gasteiger partial charge in [0.1, 0.15) is 5.82 Å². The van der Waals surface area contributed by atoms with Crippen molar-refractivity contribution in [3.05, 3.63) is 40.6 Å². The summed E-state index contributed by atoms with van der Waals surface area (Å²) in [6.45, 7) is 2.22. The molecule has 3 aliphatic rings. The van der Waals surface area contributed by atoms with Crippen LogP contribution in [0.15, 0.2) is 29.2 Å². The SMILES string of the molecule is CC1CCCCC1NC(=O)C1CCC2S/C(=C/c3ccccc3F)C(=O)NC2C1. The van der Waals surface area contributed by atoms with Gasteiger partial charge in [-0.25, -0.2) is 4.39 Å². The van der Waals surface area contributed by atoms with E-state index in [-0.39, 0.29) is 34.8 Å². The number of hydrogen-bond acceptors (Lipinski definition) is 3. The Balaban J connectivity index is 1.37. The summed E-state index contributed by atoms with van der Waals surface area (Å²) in [5.74, 6) is 0.159. The van der Waals surface area contributed by atoms with Crippen molar-refractivity contribution in [1.29, 1.82) is 0 Å². The molecular formula is C23H29FN2O2S. The Hall–Kier alpha value is -1.82. The molecule has 3 fully saturated rings. The maximum Gasteiger partial charge on any atom is 0.257 e. The van der Waals surface area contributed by atoms with Crippen molar-refractivity contribution in [2.75, 3.05) is 0 Å². The number of thioether (sulfide) groups is 1. The van der Waals surface area contributed by atoms with Crippen LogP contribution in [0.5, 0.6) is 0 Å². The van der Waals surface area contributed by atoms with Crippen molar-refractivity contribution in [2.45, 2.75) is 69.2 Å². The van der Waals surface area contributed by atoms with Gasteiger partial charge in [0.15, 0.2) is 0 Å². The van der Waals surface area contributed by atoms with Crippen LogP contribution < -0.4 is 10.6 Å². The van der Waals surface area contributed by atoms with E-state index in [4.69, 9.17) is 0 Å². The Bertz CT molecular complexity index is 812. The standard InChI is InChI=1S/C23H29FN2O2S/c1-14-6-2-5-9-18(14)25-22(27)16-10-11-20-19(12-16)26-23(28)21(29-20)13-15-7-3-4-8-17(15)24/h3-4,7-8,13-14,16,18-20H,2,5-6,9-12H2,1H3,(H,25,27)(H,26,28)/b21-13+. The lowest BCUT2D eigenvalue weighted by Gasteiger charge is -2.40. The van der Waals surface area contributed by atoms with Crippen LogP contribution in [0.1, 0.15) is 57.4 Å². The van der Waals surface area contributed by atoms with Crippen LogP contribution in [0.25, 0.3) is 6.08 Å². The predicted octanol–water partition coefficient (Wildman–Crippen LogP) is 4.26. The molecule has 0 aromatic heterocycles. The molecule has 5 atom stereocenters. The molecule has 2 saturated carbocycles. The second kappa shape index (κ2) is 8.90. The van der Waals surface area contributed by atoms with Crippen LogP contribution in [-0.2, 0) is 9.59 Å². The molecule has 1 aliphatic heterocycles. The number of nitrogens with one attached hydrogen (secondary N) is 2. The molecular weight excluding hydrogens is 387 g/mol. The van der Waals surface area contributed by atoms with E-state index in [0.717, 1.165) is 19.3 Å². The van der Waals surface area contributed by atoms with E-state index in [2.05, 4.69) is 17.6 Å². The van der Waals surface area contributed by atoms with Crippen LogP contribution in [-0.4, -0.2) is 29.1 Å². The Labute approximate surface area is 176 Å². The molecule has 2 N–H and O–H groups in total. The molecule has 0 radical (unpaired) electrons. The Kier molecular flexibility index (Phi) is 6.28. The molecule has 2 aliphatic carbocycles. The monoisotopic (exact) mass is 416 g/mol. The fourth-order valence-electron chi connectivity index (χ4n) is 4.79. The molecule has 1 aromatic rings. The zero-order valence-corrected chi connectivity index (χ0v) is 17.6. The number of carbonyl (C=O) groups is 2. The van der Waals surface area contributed by atoms with Crippen molar-refractivity contribution in [3.8, 4) is 0 Å². The second-order valence-electron chi connectivity index (χ2n) is 8.65. The van der Waals surface area contributed by atoms with Gasteiger partial charge in [0.05, 0.1) is 4.91 Å². The number of carbonyl (C=O) groups excluding carboxylic acids is 2. The number of fused-ring (bicyclic) bond motifs is 1. The first-order valence-corrected chi connectivity index (χ1v) is 11.6. The average Bonchev–Trinajstić information content (AvgIpc) is 2.71. The number of rotatable bonds is 3. The Morgan fingerprint density at radius 1 is 1.21 bits per heavy atom. The fraction of sp³-hybridized carbons (Fsp3) is 0.565. The lowest BCUT2D eigenvalue weighted by atomic mass is 9.82. The number of halogens is 1. The third kappa shape index (κ3) is 4.68. The average molecular weight is 417 g/mol. The summed E-state index contributed by atoms with van der Waals surface area (Å²) in [5, 5.41) is 6.60. The molecule has 29 heavy (non-hydrogen) atoms. The van der Waals surface area contributed by atoms with E-state index >= 15 is 0 Å². The fourth-order valence-corrected chi connectivity index (χ4v) is 6.08. The normalized spacial score (nSPS) is 33.7. The van der Waals surface area contributed by atoms with E-state index in [1.165, 1.54) is 37.1 Å². The van der Waals surface area contributed by atoms with Gasteiger partial charge in [-0.3, -0.25) is 9.59 Å². The highest BCUT2D eigenvalue weighted by molar-refractivity contribution is 8.04. The molecule has 1 heterocycles. The largest absolute Gasteiger partial charge is 0.353 e. The maximum atomic E-state index is 13.9. The van der Waals surface area contributed by atoms with E-state index in [9.17, 15) is 14.0 Å². The number of hydrogen-bond donors (Lipinski definition) is 2. The predicted molar refractivity (Wildman–Crippen MR) is 115 cm³/mol. The summed E-state index contributed by atoms with van der Waals surface area (Å²) < 4.78 is 13.9. The molecule has 0 bridgehead atoms. The molecule has 4 nitrogen and oxygen atoms in total. The van der Waals surface area contributed by atoms with Crippen molar-refractivity contribution >= 4 is 29.7 Å². The molecule has 0 spiro atoms. The first kappa shape index (κ1) is 20.5. The van der Waals surface area contributed by atoms with Gasteiger partial charge in [-0.15, -0.1) is 11.8 Å². The summed E-state index contributed by atoms with van der Waals surface area (Å²) in [5.41, 5.74) is 0.429. The summed E-state index contributed by atoms with van der Waals surface area (Å²) >= 11 is 1.53. The topological polar surface area (TPSA) is 58.2 Å². The molecule has 1 aromatic carbocycles. The van der Waals surface area contributed by atoms with Crippen molar-refractivity contribution in [1.82, 2.24) is 10.6 Å². The van der Waals surface area contributed by atoms with E-state index in [1.807, 2.05) is 0 Å². The zero-order chi connectivity index (χ0) is 20.4. The molecule has 156 valence electrons. The van der Waals surface area contributed by atoms with E-state index in [1.54, 1.807) is 24.3 Å². The van der Waals surface area contributed by atoms with Gasteiger partial charge in [-0.1, -0.05) is 38.0 Å². The molecule has 6 heteroatoms. The Morgan fingerprint density at radius 2 is 2.00 bits per heavy atom. The van der Waals surface area contributed by atoms with E-state index < -0.39 is 0 Å². The highest BCUT2D eigenvalue weighted by Gasteiger charge is 2.40. The van der Waals surface area contributed by atoms with Crippen molar-refractivity contribution < 1.29 is 14.0 Å². The van der Waals surface area contributed by atoms with Crippen LogP contribution >= 0.6 is 11.8 Å². The second-order valence-corrected chi connectivity index (χ2v) is 9.93. The minimum atomic E-state index is -0.326. The quantitative estimate of drug-likeness (QED) is 0.724. The van der Waals surface area contributed by atoms with Crippen LogP contribution in [0.3, 0.4) is 0 Å². The van der Waals surface area contributed by atoms with Gasteiger partial charge < -0.3 is 10.6 Å².